The van der Waals surface area contributed by atoms with Crippen molar-refractivity contribution in [1.29, 1.82) is 0 Å². The minimum absolute atomic E-state index is 0.0179. The van der Waals surface area contributed by atoms with Crippen molar-refractivity contribution in [1.82, 2.24) is 0 Å². The Morgan fingerprint density at radius 2 is 1.50 bits per heavy atom. The van der Waals surface area contributed by atoms with Crippen LogP contribution < -0.4 is 9.47 Å². The number of hydrogen-bond donors (Lipinski definition) is 2. The molecule has 2 aromatic rings. The number of rotatable bonds is 8. The van der Waals surface area contributed by atoms with E-state index in [0.29, 0.717) is 25.7 Å². The van der Waals surface area contributed by atoms with Crippen molar-refractivity contribution in [3.05, 3.63) is 47.5 Å². The maximum Gasteiger partial charge on any atom is 0.514 e. The van der Waals surface area contributed by atoms with E-state index >= 15 is 0 Å². The summed E-state index contributed by atoms with van der Waals surface area (Å²) in [4.78, 5) is 24.6. The lowest BCUT2D eigenvalue weighted by atomic mass is 9.49. The van der Waals surface area contributed by atoms with Gasteiger partial charge < -0.3 is 24.1 Å². The van der Waals surface area contributed by atoms with Gasteiger partial charge in [-0.2, -0.15) is 34.8 Å². The second-order valence-corrected chi connectivity index (χ2v) is 12.7. The summed E-state index contributed by atoms with van der Waals surface area (Å²) < 4.78 is 134. The lowest BCUT2D eigenvalue weighted by molar-refractivity contribution is -0.184. The van der Waals surface area contributed by atoms with Crippen molar-refractivity contribution >= 4 is 22.2 Å². The maximum absolute atomic E-state index is 14.0. The van der Waals surface area contributed by atoms with E-state index in [1.165, 1.54) is 0 Å². The van der Waals surface area contributed by atoms with Crippen LogP contribution in [-0.4, -0.2) is 48.2 Å². The van der Waals surface area contributed by atoms with Crippen LogP contribution in [0.1, 0.15) is 38.5 Å². The fraction of sp³-hybridized carbons (Fsp3) is 0.481. The smallest absolute Gasteiger partial charge is 0.503 e. The third-order valence-corrected chi connectivity index (χ3v) is 9.30. The summed E-state index contributed by atoms with van der Waals surface area (Å²) in [7, 11) is -6.05. The van der Waals surface area contributed by atoms with E-state index in [-0.39, 0.29) is 23.3 Å². The minimum Gasteiger partial charge on any atom is -0.503 e. The second kappa shape index (κ2) is 11.3. The Morgan fingerprint density at radius 3 is 2.11 bits per heavy atom. The number of benzene rings is 2. The molecule has 17 heteroatoms. The maximum atomic E-state index is 14.0. The average molecular weight is 655 g/mol. The van der Waals surface area contributed by atoms with Gasteiger partial charge in [-0.05, 0) is 74.6 Å². The molecule has 3 saturated carbocycles. The summed E-state index contributed by atoms with van der Waals surface area (Å²) in [5.41, 5.74) is -0.878. The van der Waals surface area contributed by atoms with Crippen LogP contribution in [0.5, 0.6) is 23.0 Å². The van der Waals surface area contributed by atoms with Gasteiger partial charge in [-0.3, -0.25) is 4.55 Å². The molecule has 3 aliphatic carbocycles. The van der Waals surface area contributed by atoms with Crippen LogP contribution in [0, 0.1) is 46.4 Å². The zero-order chi connectivity index (χ0) is 32.2. The van der Waals surface area contributed by atoms with Crippen molar-refractivity contribution < 1.29 is 73.0 Å². The Kier molecular flexibility index (Phi) is 8.15. The molecule has 3 bridgehead atoms. The first-order chi connectivity index (χ1) is 20.5. The van der Waals surface area contributed by atoms with Gasteiger partial charge in [0.05, 0.1) is 6.61 Å². The van der Waals surface area contributed by atoms with Crippen LogP contribution in [0.15, 0.2) is 24.3 Å². The third kappa shape index (κ3) is 5.74. The molecule has 0 radical (unpaired) electrons. The van der Waals surface area contributed by atoms with E-state index in [9.17, 15) is 44.3 Å². The van der Waals surface area contributed by atoms with E-state index in [1.807, 2.05) is 0 Å². The van der Waals surface area contributed by atoms with Crippen LogP contribution in [0.25, 0.3) is 0 Å². The number of carbonyl (C=O) groups excluding carboxylic acids is 2. The molecular weight excluding hydrogens is 630 g/mol. The first kappa shape index (κ1) is 31.7. The highest BCUT2D eigenvalue weighted by Crippen LogP contribution is 2.60. The molecule has 0 aliphatic heterocycles. The van der Waals surface area contributed by atoms with Gasteiger partial charge in [0.15, 0.2) is 5.75 Å². The fourth-order valence-electron chi connectivity index (χ4n) is 6.75. The van der Waals surface area contributed by atoms with Gasteiger partial charge in [0.25, 0.3) is 0 Å². The van der Waals surface area contributed by atoms with Crippen LogP contribution >= 0.6 is 0 Å². The molecule has 0 spiro atoms. The fourth-order valence-corrected chi connectivity index (χ4v) is 7.02. The number of hydrogen-bond acceptors (Lipinski definition) is 9. The van der Waals surface area contributed by atoms with E-state index in [1.54, 1.807) is 0 Å². The zero-order valence-electron chi connectivity index (χ0n) is 22.4. The van der Waals surface area contributed by atoms with Crippen molar-refractivity contribution in [2.24, 2.45) is 23.2 Å². The number of phenols is 1. The Morgan fingerprint density at radius 1 is 0.909 bits per heavy atom. The molecule has 0 heterocycles. The molecule has 0 aromatic heterocycles. The number of carbonyl (C=O) groups is 2. The predicted molar refractivity (Wildman–Crippen MR) is 133 cm³/mol. The van der Waals surface area contributed by atoms with E-state index in [0.717, 1.165) is 37.1 Å². The molecule has 2 aromatic carbocycles. The van der Waals surface area contributed by atoms with E-state index in [2.05, 4.69) is 0 Å². The number of aromatic hydroxyl groups is 1. The summed E-state index contributed by atoms with van der Waals surface area (Å²) in [6, 6.07) is 4.36. The average Bonchev–Trinajstić information content (AvgIpc) is 2.95. The molecule has 2 N–H and O–H groups in total. The summed E-state index contributed by atoms with van der Waals surface area (Å²) in [6.45, 7) is -0.568. The standard InChI is InChI=1S/C27H24F6O10S/c28-18-20(30)23(21(31)19(29)22(18)34)41-14-2-4-15(5-3-14)42-25(36)43-17-8-13-7-12-1-6-16(17)26(9-12,10-13)11-40-24(35)27(32,33)44(37,38)39/h2-5,12-13,16-17,34H,1,6-11H2,(H,37,38,39). The number of esters is 1. The number of phenolic OH excluding ortho intramolecular Hbond substituents is 1. The van der Waals surface area contributed by atoms with Gasteiger partial charge in [0.2, 0.25) is 29.0 Å². The molecule has 3 aliphatic rings. The van der Waals surface area contributed by atoms with Gasteiger partial charge in [-0.1, -0.05) is 0 Å². The van der Waals surface area contributed by atoms with Crippen molar-refractivity contribution in [3.8, 4) is 23.0 Å². The summed E-state index contributed by atoms with van der Waals surface area (Å²) in [5.74, 6) is -14.5. The molecule has 5 atom stereocenters. The summed E-state index contributed by atoms with van der Waals surface area (Å²) in [6.07, 6.45) is 1.42. The molecule has 44 heavy (non-hydrogen) atoms. The third-order valence-electron chi connectivity index (χ3n) is 8.49. The number of ether oxygens (including phenoxy) is 4. The quantitative estimate of drug-likeness (QED) is 0.117. The van der Waals surface area contributed by atoms with Crippen molar-refractivity contribution in [3.63, 3.8) is 0 Å². The van der Waals surface area contributed by atoms with Crippen LogP contribution in [0.3, 0.4) is 0 Å². The lowest BCUT2D eigenvalue weighted by Gasteiger charge is -2.58. The zero-order valence-corrected chi connectivity index (χ0v) is 23.2. The Balaban J connectivity index is 1.24. The van der Waals surface area contributed by atoms with Crippen LogP contribution in [0.2, 0.25) is 0 Å². The number of halogens is 6. The van der Waals surface area contributed by atoms with Crippen LogP contribution in [-0.2, 0) is 24.4 Å². The first-order valence-corrected chi connectivity index (χ1v) is 14.7. The lowest BCUT2D eigenvalue weighted by Crippen LogP contribution is -2.56. The monoisotopic (exact) mass is 654 g/mol. The van der Waals surface area contributed by atoms with E-state index in [4.69, 9.17) is 28.6 Å². The van der Waals surface area contributed by atoms with Gasteiger partial charge in [-0.25, -0.2) is 9.59 Å². The molecule has 5 rings (SSSR count). The molecular formula is C27H24F6O10S. The van der Waals surface area contributed by atoms with Crippen molar-refractivity contribution in [2.45, 2.75) is 49.9 Å². The molecule has 3 fully saturated rings. The molecule has 10 nitrogen and oxygen atoms in total. The van der Waals surface area contributed by atoms with Crippen molar-refractivity contribution in [2.75, 3.05) is 6.61 Å². The topological polar surface area (TPSA) is 146 Å². The van der Waals surface area contributed by atoms with Crippen LogP contribution in [0.4, 0.5) is 31.1 Å². The second-order valence-electron chi connectivity index (χ2n) is 11.2. The van der Waals surface area contributed by atoms with Gasteiger partial charge in [-0.15, -0.1) is 0 Å². The number of fused-ring (bicyclic) bond motifs is 2. The molecule has 5 unspecified atom stereocenters. The van der Waals surface area contributed by atoms with Gasteiger partial charge >= 0.3 is 27.5 Å². The minimum atomic E-state index is -6.05. The Bertz CT molecular complexity index is 1550. The Labute approximate surface area is 245 Å². The molecule has 0 amide bonds. The highest BCUT2D eigenvalue weighted by atomic mass is 32.2. The normalized spacial score (nSPS) is 26.2. The first-order valence-electron chi connectivity index (χ1n) is 13.3. The predicted octanol–water partition coefficient (Wildman–Crippen LogP) is 5.87. The van der Waals surface area contributed by atoms with Gasteiger partial charge in [0.1, 0.15) is 17.6 Å². The summed E-state index contributed by atoms with van der Waals surface area (Å²) in [5, 5.41) is 3.93. The van der Waals surface area contributed by atoms with E-state index < -0.39 is 86.3 Å². The number of alkyl halides is 2. The molecule has 240 valence electrons. The van der Waals surface area contributed by atoms with Gasteiger partial charge in [0, 0.05) is 11.3 Å². The highest BCUT2D eigenvalue weighted by Gasteiger charge is 2.59. The largest absolute Gasteiger partial charge is 0.514 e. The SMILES string of the molecule is O=C(Oc1ccc(Oc2c(F)c(F)c(O)c(F)c2F)cc1)OC1CC2CC3CCC1C(COC(=O)C(F)(F)S(=O)(=O)O)(C3)C2. The Hall–Kier alpha value is -3.73. The molecule has 0 saturated heterocycles. The summed E-state index contributed by atoms with van der Waals surface area (Å²) >= 11 is 0. The highest BCUT2D eigenvalue weighted by molar-refractivity contribution is 7.87.